The van der Waals surface area contributed by atoms with Crippen LogP contribution in [0.25, 0.3) is 16.8 Å². The number of nitriles is 2. The van der Waals surface area contributed by atoms with Crippen molar-refractivity contribution in [2.75, 3.05) is 0 Å². The molecule has 156 valence electrons. The summed E-state index contributed by atoms with van der Waals surface area (Å²) in [6.45, 7) is 3.62. The Balaban J connectivity index is 1.48. The molecule has 9 heteroatoms. The van der Waals surface area contributed by atoms with Gasteiger partial charge in [-0.25, -0.2) is 4.98 Å². The highest BCUT2D eigenvalue weighted by Gasteiger charge is 2.04. The lowest BCUT2D eigenvalue weighted by Gasteiger charge is -2.04. The Hall–Kier alpha value is -4.86. The van der Waals surface area contributed by atoms with Crippen LogP contribution in [0.3, 0.4) is 0 Å². The lowest BCUT2D eigenvalue weighted by atomic mass is 10.1. The first-order valence-corrected chi connectivity index (χ1v) is 10.4. The average Bonchev–Trinajstić information content (AvgIpc) is 3.32. The molecule has 0 amide bonds. The van der Waals surface area contributed by atoms with Crippen molar-refractivity contribution < 1.29 is 0 Å². The Morgan fingerprint density at radius 2 is 1.42 bits per heavy atom. The number of hydrogen-bond donors (Lipinski definition) is 0. The minimum atomic E-state index is 0.00760. The topological polar surface area (TPSA) is 122 Å². The van der Waals surface area contributed by atoms with E-state index < -0.39 is 0 Å². The van der Waals surface area contributed by atoms with Crippen molar-refractivity contribution in [3.63, 3.8) is 0 Å². The largest absolute Gasteiger partial charge is 0.264 e. The van der Waals surface area contributed by atoms with E-state index in [0.717, 1.165) is 22.1 Å². The summed E-state index contributed by atoms with van der Waals surface area (Å²) >= 11 is 1.23. The molecule has 33 heavy (non-hydrogen) atoms. The van der Waals surface area contributed by atoms with Gasteiger partial charge in [0.25, 0.3) is 0 Å². The van der Waals surface area contributed by atoms with Crippen LogP contribution in [0.2, 0.25) is 0 Å². The van der Waals surface area contributed by atoms with Crippen molar-refractivity contribution in [1.82, 2.24) is 4.98 Å². The predicted octanol–water partition coefficient (Wildman–Crippen LogP) is 7.89. The molecule has 0 fully saturated rings. The van der Waals surface area contributed by atoms with E-state index in [2.05, 4.69) is 37.2 Å². The average molecular weight is 446 g/mol. The standard InChI is InChI=1S/C24H14N8S/c1-27-22-10-11-23(21-5-3-2-4-20(21)22)31-29-17-6-8-18(9-7-17)30-32-24-28-15-19(33-24)12-16(13-25)14-26/h2-12,15H,1H2. The monoisotopic (exact) mass is 446 g/mol. The van der Waals surface area contributed by atoms with Crippen LogP contribution >= 0.6 is 11.3 Å². The fourth-order valence-electron chi connectivity index (χ4n) is 2.91. The Bertz CT molecular complexity index is 1480. The molecule has 4 rings (SSSR count). The summed E-state index contributed by atoms with van der Waals surface area (Å²) in [5, 5.41) is 37.0. The third-order valence-electron chi connectivity index (χ3n) is 4.46. The second-order valence-corrected chi connectivity index (χ2v) is 7.59. The van der Waals surface area contributed by atoms with Gasteiger partial charge in [-0.2, -0.15) is 15.6 Å². The zero-order chi connectivity index (χ0) is 23.0. The van der Waals surface area contributed by atoms with E-state index in [0.29, 0.717) is 21.4 Å². The fraction of sp³-hybridized carbons (Fsp3) is 0. The molecule has 8 nitrogen and oxygen atoms in total. The van der Waals surface area contributed by atoms with Crippen molar-refractivity contribution in [2.45, 2.75) is 0 Å². The second kappa shape index (κ2) is 9.96. The third-order valence-corrected chi connectivity index (χ3v) is 5.29. The van der Waals surface area contributed by atoms with E-state index in [1.807, 2.05) is 48.5 Å². The van der Waals surface area contributed by atoms with Gasteiger partial charge in [-0.15, -0.1) is 15.3 Å². The molecule has 0 saturated carbocycles. The van der Waals surface area contributed by atoms with Gasteiger partial charge in [-0.3, -0.25) is 4.99 Å². The molecule has 0 spiro atoms. The Morgan fingerprint density at radius 1 is 0.818 bits per heavy atom. The SMILES string of the molecule is C=Nc1ccc(N=Nc2ccc(N=Nc3ncc(C=C(C#N)C#N)s3)cc2)c2ccccc12. The van der Waals surface area contributed by atoms with Crippen LogP contribution in [-0.2, 0) is 0 Å². The Morgan fingerprint density at radius 3 is 2.06 bits per heavy atom. The number of allylic oxidation sites excluding steroid dienone is 1. The first-order valence-electron chi connectivity index (χ1n) is 9.60. The second-order valence-electron chi connectivity index (χ2n) is 6.55. The fourth-order valence-corrected chi connectivity index (χ4v) is 3.59. The van der Waals surface area contributed by atoms with Gasteiger partial charge >= 0.3 is 0 Å². The van der Waals surface area contributed by atoms with E-state index in [1.165, 1.54) is 17.4 Å². The molecule has 0 atom stereocenters. The molecule has 0 aliphatic rings. The normalized spacial score (nSPS) is 10.8. The molecule has 0 radical (unpaired) electrons. The lowest BCUT2D eigenvalue weighted by Crippen LogP contribution is -1.75. The van der Waals surface area contributed by atoms with Gasteiger partial charge in [-0.1, -0.05) is 35.6 Å². The van der Waals surface area contributed by atoms with Gasteiger partial charge in [0.1, 0.15) is 17.7 Å². The number of thiazole rings is 1. The molecular formula is C24H14N8S. The highest BCUT2D eigenvalue weighted by atomic mass is 32.1. The molecule has 0 unspecified atom stereocenters. The minimum Gasteiger partial charge on any atom is -0.264 e. The van der Waals surface area contributed by atoms with Crippen LogP contribution in [-0.4, -0.2) is 11.7 Å². The van der Waals surface area contributed by atoms with E-state index in [1.54, 1.807) is 30.5 Å². The van der Waals surface area contributed by atoms with Gasteiger partial charge in [0, 0.05) is 17.0 Å². The summed E-state index contributed by atoms with van der Waals surface area (Å²) in [5.74, 6) is 0. The van der Waals surface area contributed by atoms with Crippen LogP contribution in [0.5, 0.6) is 0 Å². The number of azo groups is 2. The van der Waals surface area contributed by atoms with Crippen LogP contribution < -0.4 is 0 Å². The first-order chi connectivity index (χ1) is 16.2. The Labute approximate surface area is 193 Å². The summed E-state index contributed by atoms with van der Waals surface area (Å²) in [7, 11) is 0. The molecule has 0 bridgehead atoms. The maximum atomic E-state index is 8.82. The maximum Gasteiger partial charge on any atom is 0.230 e. The molecule has 0 N–H and O–H groups in total. The number of benzene rings is 3. The number of rotatable bonds is 6. The van der Waals surface area contributed by atoms with E-state index >= 15 is 0 Å². The molecule has 4 aromatic rings. The number of aliphatic imine (C=N–C) groups is 1. The summed E-state index contributed by atoms with van der Waals surface area (Å²) in [6.07, 6.45) is 3.00. The summed E-state index contributed by atoms with van der Waals surface area (Å²) in [5.41, 5.74) is 2.85. The quantitative estimate of drug-likeness (QED) is 0.170. The molecule has 0 aliphatic carbocycles. The Kier molecular flexibility index (Phi) is 6.45. The number of hydrogen-bond acceptors (Lipinski definition) is 9. The van der Waals surface area contributed by atoms with E-state index in [9.17, 15) is 0 Å². The highest BCUT2D eigenvalue weighted by molar-refractivity contribution is 7.16. The number of fused-ring (bicyclic) bond motifs is 1. The van der Waals surface area contributed by atoms with Crippen molar-refractivity contribution in [3.05, 3.63) is 77.3 Å². The zero-order valence-corrected chi connectivity index (χ0v) is 17.9. The highest BCUT2D eigenvalue weighted by Crippen LogP contribution is 2.34. The van der Waals surface area contributed by atoms with Crippen molar-refractivity contribution in [1.29, 1.82) is 10.5 Å². The maximum absolute atomic E-state index is 8.82. The van der Waals surface area contributed by atoms with E-state index in [4.69, 9.17) is 10.5 Å². The smallest absolute Gasteiger partial charge is 0.230 e. The molecule has 1 heterocycles. The minimum absolute atomic E-state index is 0.00760. The molecule has 3 aromatic carbocycles. The van der Waals surface area contributed by atoms with Crippen LogP contribution in [0, 0.1) is 22.7 Å². The van der Waals surface area contributed by atoms with E-state index in [-0.39, 0.29) is 5.57 Å². The predicted molar refractivity (Wildman–Crippen MR) is 129 cm³/mol. The molecule has 1 aromatic heterocycles. The first kappa shape index (κ1) is 21.4. The van der Waals surface area contributed by atoms with Gasteiger partial charge in [0.2, 0.25) is 5.13 Å². The van der Waals surface area contributed by atoms with Crippen LogP contribution in [0.4, 0.5) is 27.9 Å². The summed E-state index contributed by atoms with van der Waals surface area (Å²) in [4.78, 5) is 8.83. The molecular weight excluding hydrogens is 432 g/mol. The molecule has 0 aliphatic heterocycles. The van der Waals surface area contributed by atoms with Gasteiger partial charge in [-0.05, 0) is 49.2 Å². The third kappa shape index (κ3) is 5.07. The van der Waals surface area contributed by atoms with Crippen LogP contribution in [0.15, 0.2) is 97.9 Å². The van der Waals surface area contributed by atoms with Crippen molar-refractivity contribution in [3.8, 4) is 12.1 Å². The zero-order valence-electron chi connectivity index (χ0n) is 17.1. The number of aromatic nitrogens is 1. The van der Waals surface area contributed by atoms with Crippen molar-refractivity contribution in [2.24, 2.45) is 25.4 Å². The summed E-state index contributed by atoms with van der Waals surface area (Å²) < 4.78 is 0. The van der Waals surface area contributed by atoms with Gasteiger partial charge < -0.3 is 0 Å². The number of nitrogens with zero attached hydrogens (tertiary/aromatic N) is 8. The molecule has 0 saturated heterocycles. The van der Waals surface area contributed by atoms with Gasteiger partial charge in [0.15, 0.2) is 0 Å². The summed E-state index contributed by atoms with van der Waals surface area (Å²) in [6, 6.07) is 22.3. The van der Waals surface area contributed by atoms with Crippen molar-refractivity contribution >= 4 is 62.8 Å². The lowest BCUT2D eigenvalue weighted by molar-refractivity contribution is 1.19. The van der Waals surface area contributed by atoms with Crippen LogP contribution in [0.1, 0.15) is 4.88 Å². The van der Waals surface area contributed by atoms with Gasteiger partial charge in [0.05, 0.1) is 27.6 Å².